The van der Waals surface area contributed by atoms with Gasteiger partial charge < -0.3 is 9.80 Å². The predicted octanol–water partition coefficient (Wildman–Crippen LogP) is 6.35. The van der Waals surface area contributed by atoms with Crippen molar-refractivity contribution in [3.63, 3.8) is 0 Å². The molecular weight excluding hydrogens is 304 g/mol. The minimum atomic E-state index is 1.01. The summed E-state index contributed by atoms with van der Waals surface area (Å²) in [5.74, 6) is 1.01. The van der Waals surface area contributed by atoms with Gasteiger partial charge in [-0.05, 0) is 38.3 Å². The normalized spacial score (nSPS) is 16.8. The Balaban J connectivity index is 2.13. The van der Waals surface area contributed by atoms with Gasteiger partial charge in [-0.2, -0.15) is 0 Å². The smallest absolute Gasteiger partial charge is 0.0110 e. The van der Waals surface area contributed by atoms with Crippen LogP contribution in [0.4, 0.5) is 0 Å². The summed E-state index contributed by atoms with van der Waals surface area (Å²) in [4.78, 5) is 5.41. The summed E-state index contributed by atoms with van der Waals surface area (Å²) >= 11 is 0. The molecule has 0 aromatic rings. The molecule has 1 saturated heterocycles. The lowest BCUT2D eigenvalue weighted by molar-refractivity contribution is 0.127. The first-order valence-electron chi connectivity index (χ1n) is 11.7. The fourth-order valence-electron chi connectivity index (χ4n) is 4.22. The van der Waals surface area contributed by atoms with Gasteiger partial charge in [0.15, 0.2) is 0 Å². The topological polar surface area (TPSA) is 6.48 Å². The number of hydrogen-bond acceptors (Lipinski definition) is 2. The first-order chi connectivity index (χ1) is 12.3. The van der Waals surface area contributed by atoms with Crippen molar-refractivity contribution in [1.82, 2.24) is 9.80 Å². The lowest BCUT2D eigenvalue weighted by Gasteiger charge is -2.35. The summed E-state index contributed by atoms with van der Waals surface area (Å²) in [6.07, 6.45) is 18.5. The van der Waals surface area contributed by atoms with Crippen molar-refractivity contribution < 1.29 is 0 Å². The number of nitrogens with zero attached hydrogens (tertiary/aromatic N) is 2. The third-order valence-corrected chi connectivity index (χ3v) is 6.06. The van der Waals surface area contributed by atoms with Gasteiger partial charge in [0.1, 0.15) is 0 Å². The molecule has 0 spiro atoms. The largest absolute Gasteiger partial charge is 0.301 e. The zero-order valence-corrected chi connectivity index (χ0v) is 17.9. The highest BCUT2D eigenvalue weighted by molar-refractivity contribution is 4.72. The molecule has 1 aliphatic rings. The van der Waals surface area contributed by atoms with Crippen LogP contribution in [0.2, 0.25) is 0 Å². The molecule has 1 rings (SSSR count). The zero-order valence-electron chi connectivity index (χ0n) is 17.9. The molecule has 0 amide bonds. The Hall–Kier alpha value is -0.0800. The van der Waals surface area contributed by atoms with Crippen molar-refractivity contribution in [3.05, 3.63) is 0 Å². The van der Waals surface area contributed by atoms with Crippen LogP contribution in [-0.4, -0.2) is 49.1 Å². The predicted molar refractivity (Wildman–Crippen MR) is 113 cm³/mol. The number of hydrogen-bond donors (Lipinski definition) is 0. The van der Waals surface area contributed by atoms with Crippen molar-refractivity contribution in [2.24, 2.45) is 5.92 Å². The molecule has 0 bridgehead atoms. The minimum Gasteiger partial charge on any atom is -0.301 e. The molecule has 0 unspecified atom stereocenters. The standard InChI is InChI=1S/C23H48N2/c1-4-7-10-14-23(15-11-8-5-2)16-13-18-25-21-19-24(20-22-25)17-12-9-6-3/h23H,4-22H2,1-3H3. The van der Waals surface area contributed by atoms with E-state index in [1.807, 2.05) is 0 Å². The van der Waals surface area contributed by atoms with Crippen molar-refractivity contribution in [2.45, 2.75) is 104 Å². The zero-order chi connectivity index (χ0) is 18.2. The summed E-state index contributed by atoms with van der Waals surface area (Å²) in [6.45, 7) is 14.9. The van der Waals surface area contributed by atoms with Crippen LogP contribution in [0, 0.1) is 5.92 Å². The molecule has 150 valence electrons. The van der Waals surface area contributed by atoms with Gasteiger partial charge >= 0.3 is 0 Å². The summed E-state index contributed by atoms with van der Waals surface area (Å²) < 4.78 is 0. The van der Waals surface area contributed by atoms with Gasteiger partial charge in [-0.1, -0.05) is 85.0 Å². The molecule has 0 aliphatic carbocycles. The van der Waals surface area contributed by atoms with E-state index in [0.29, 0.717) is 0 Å². The maximum atomic E-state index is 2.73. The van der Waals surface area contributed by atoms with E-state index in [9.17, 15) is 0 Å². The van der Waals surface area contributed by atoms with Gasteiger partial charge in [0.2, 0.25) is 0 Å². The van der Waals surface area contributed by atoms with Crippen LogP contribution >= 0.6 is 0 Å². The van der Waals surface area contributed by atoms with E-state index < -0.39 is 0 Å². The van der Waals surface area contributed by atoms with Crippen LogP contribution in [0.25, 0.3) is 0 Å². The molecule has 0 N–H and O–H groups in total. The number of rotatable bonds is 16. The maximum Gasteiger partial charge on any atom is 0.0110 e. The van der Waals surface area contributed by atoms with E-state index in [1.54, 1.807) is 0 Å². The average Bonchev–Trinajstić information content (AvgIpc) is 2.63. The van der Waals surface area contributed by atoms with Crippen molar-refractivity contribution in [3.8, 4) is 0 Å². The molecule has 0 aromatic heterocycles. The SMILES string of the molecule is CCCCCC(CCCCC)CCCN1CCN(CCCCC)CC1. The van der Waals surface area contributed by atoms with Crippen LogP contribution < -0.4 is 0 Å². The molecule has 1 aliphatic heterocycles. The Morgan fingerprint density at radius 3 is 1.40 bits per heavy atom. The Morgan fingerprint density at radius 1 is 0.520 bits per heavy atom. The van der Waals surface area contributed by atoms with Gasteiger partial charge in [0.05, 0.1) is 0 Å². The summed E-state index contributed by atoms with van der Waals surface area (Å²) in [7, 11) is 0. The van der Waals surface area contributed by atoms with Gasteiger partial charge in [-0.25, -0.2) is 0 Å². The van der Waals surface area contributed by atoms with Crippen LogP contribution in [0.3, 0.4) is 0 Å². The van der Waals surface area contributed by atoms with E-state index in [-0.39, 0.29) is 0 Å². The van der Waals surface area contributed by atoms with Crippen molar-refractivity contribution in [2.75, 3.05) is 39.3 Å². The molecule has 0 radical (unpaired) electrons. The van der Waals surface area contributed by atoms with Crippen LogP contribution in [0.1, 0.15) is 104 Å². The molecule has 1 fully saturated rings. The first-order valence-corrected chi connectivity index (χ1v) is 11.7. The van der Waals surface area contributed by atoms with Gasteiger partial charge in [0, 0.05) is 26.2 Å². The Bertz CT molecular complexity index is 261. The highest BCUT2D eigenvalue weighted by atomic mass is 15.3. The lowest BCUT2D eigenvalue weighted by Crippen LogP contribution is -2.46. The fourth-order valence-corrected chi connectivity index (χ4v) is 4.22. The van der Waals surface area contributed by atoms with Crippen LogP contribution in [-0.2, 0) is 0 Å². The van der Waals surface area contributed by atoms with Crippen LogP contribution in [0.5, 0.6) is 0 Å². The average molecular weight is 353 g/mol. The molecule has 2 heteroatoms. The summed E-state index contributed by atoms with van der Waals surface area (Å²) in [5, 5.41) is 0. The first kappa shape index (κ1) is 23.0. The van der Waals surface area contributed by atoms with Gasteiger partial charge in [-0.3, -0.25) is 0 Å². The highest BCUT2D eigenvalue weighted by Gasteiger charge is 2.16. The molecule has 1 heterocycles. The van der Waals surface area contributed by atoms with E-state index in [4.69, 9.17) is 0 Å². The van der Waals surface area contributed by atoms with Gasteiger partial charge in [-0.15, -0.1) is 0 Å². The Morgan fingerprint density at radius 2 is 0.920 bits per heavy atom. The Kier molecular flexibility index (Phi) is 14.8. The minimum absolute atomic E-state index is 1.01. The second-order valence-electron chi connectivity index (χ2n) is 8.39. The quantitative estimate of drug-likeness (QED) is 0.299. The fraction of sp³-hybridized carbons (Fsp3) is 1.00. The summed E-state index contributed by atoms with van der Waals surface area (Å²) in [6, 6.07) is 0. The number of piperazine rings is 1. The third-order valence-electron chi connectivity index (χ3n) is 6.06. The lowest BCUT2D eigenvalue weighted by atomic mass is 9.91. The molecular formula is C23H48N2. The monoisotopic (exact) mass is 352 g/mol. The van der Waals surface area contributed by atoms with E-state index in [0.717, 1.165) is 5.92 Å². The van der Waals surface area contributed by atoms with Crippen LogP contribution in [0.15, 0.2) is 0 Å². The molecule has 2 nitrogen and oxygen atoms in total. The highest BCUT2D eigenvalue weighted by Crippen LogP contribution is 2.22. The number of unbranched alkanes of at least 4 members (excludes halogenated alkanes) is 6. The third kappa shape index (κ3) is 12.0. The van der Waals surface area contributed by atoms with Crippen molar-refractivity contribution in [1.29, 1.82) is 0 Å². The Labute approximate surface area is 159 Å². The van der Waals surface area contributed by atoms with Crippen molar-refractivity contribution >= 4 is 0 Å². The summed E-state index contributed by atoms with van der Waals surface area (Å²) in [5.41, 5.74) is 0. The van der Waals surface area contributed by atoms with E-state index >= 15 is 0 Å². The molecule has 25 heavy (non-hydrogen) atoms. The van der Waals surface area contributed by atoms with Gasteiger partial charge in [0.25, 0.3) is 0 Å². The maximum absolute atomic E-state index is 2.73. The molecule has 0 atom stereocenters. The second kappa shape index (κ2) is 16.1. The molecule has 0 aromatic carbocycles. The second-order valence-corrected chi connectivity index (χ2v) is 8.39. The molecule has 0 saturated carbocycles. The van der Waals surface area contributed by atoms with E-state index in [2.05, 4.69) is 30.6 Å². The van der Waals surface area contributed by atoms with E-state index in [1.165, 1.54) is 123 Å².